The maximum absolute atomic E-state index is 12.7. The van der Waals surface area contributed by atoms with E-state index in [0.717, 1.165) is 5.69 Å². The van der Waals surface area contributed by atoms with Crippen LogP contribution >= 0.6 is 0 Å². The maximum Gasteiger partial charge on any atom is 0.276 e. The van der Waals surface area contributed by atoms with Gasteiger partial charge in [-0.2, -0.15) is 0 Å². The lowest BCUT2D eigenvalue weighted by Gasteiger charge is -2.19. The predicted octanol–water partition coefficient (Wildman–Crippen LogP) is 3.38. The lowest BCUT2D eigenvalue weighted by atomic mass is 10.2. The molecule has 2 heterocycles. The van der Waals surface area contributed by atoms with Gasteiger partial charge in [-0.3, -0.25) is 9.59 Å². The average molecular weight is 389 g/mol. The van der Waals surface area contributed by atoms with Gasteiger partial charge in [0.15, 0.2) is 11.5 Å². The number of amides is 2. The summed E-state index contributed by atoms with van der Waals surface area (Å²) in [4.78, 5) is 31.1. The number of aromatic nitrogens is 1. The van der Waals surface area contributed by atoms with Crippen LogP contribution < -0.4 is 19.7 Å². The normalized spacial score (nSPS) is 12.2. The number of carbonyl (C=O) groups is 2. The highest BCUT2D eigenvalue weighted by Crippen LogP contribution is 2.32. The summed E-state index contributed by atoms with van der Waals surface area (Å²) in [6.45, 7) is 0.964. The lowest BCUT2D eigenvalue weighted by Crippen LogP contribution is -2.27. The molecule has 4 rings (SSSR count). The molecule has 1 N–H and O–H groups in total. The zero-order valence-electron chi connectivity index (χ0n) is 15.8. The van der Waals surface area contributed by atoms with E-state index in [-0.39, 0.29) is 17.3 Å². The van der Waals surface area contributed by atoms with Gasteiger partial charge >= 0.3 is 0 Å². The molecule has 0 saturated carbocycles. The number of nitrogens with one attached hydrogen (secondary N) is 1. The number of para-hydroxylation sites is 1. The number of rotatable bonds is 4. The van der Waals surface area contributed by atoms with Gasteiger partial charge in [0, 0.05) is 24.5 Å². The van der Waals surface area contributed by atoms with Crippen molar-refractivity contribution in [1.29, 1.82) is 0 Å². The summed E-state index contributed by atoms with van der Waals surface area (Å²) in [6, 6.07) is 19.2. The smallest absolute Gasteiger partial charge is 0.276 e. The van der Waals surface area contributed by atoms with Gasteiger partial charge in [0.25, 0.3) is 11.8 Å². The first-order valence-corrected chi connectivity index (χ1v) is 9.13. The lowest BCUT2D eigenvalue weighted by molar-refractivity contribution is 0.0988. The van der Waals surface area contributed by atoms with E-state index < -0.39 is 5.91 Å². The molecular formula is C22H19N3O4. The van der Waals surface area contributed by atoms with Gasteiger partial charge in [0.05, 0.1) is 0 Å². The minimum atomic E-state index is -0.418. The van der Waals surface area contributed by atoms with Crippen molar-refractivity contribution in [3.63, 3.8) is 0 Å². The van der Waals surface area contributed by atoms with E-state index in [9.17, 15) is 9.59 Å². The van der Waals surface area contributed by atoms with Crippen molar-refractivity contribution in [1.82, 2.24) is 4.98 Å². The molecule has 0 aliphatic carbocycles. The van der Waals surface area contributed by atoms with Crippen molar-refractivity contribution >= 4 is 23.2 Å². The van der Waals surface area contributed by atoms with Crippen molar-refractivity contribution in [3.05, 3.63) is 78.1 Å². The number of hydrogen-bond donors (Lipinski definition) is 1. The fourth-order valence-electron chi connectivity index (χ4n) is 2.94. The third-order valence-electron chi connectivity index (χ3n) is 4.45. The van der Waals surface area contributed by atoms with Gasteiger partial charge in [-0.1, -0.05) is 24.3 Å². The van der Waals surface area contributed by atoms with E-state index in [0.29, 0.717) is 30.4 Å². The van der Waals surface area contributed by atoms with Gasteiger partial charge in [-0.25, -0.2) is 4.98 Å². The minimum Gasteiger partial charge on any atom is -0.486 e. The quantitative estimate of drug-likeness (QED) is 0.740. The second kappa shape index (κ2) is 8.02. The Morgan fingerprint density at radius 2 is 1.62 bits per heavy atom. The van der Waals surface area contributed by atoms with Crippen LogP contribution in [0.15, 0.2) is 66.7 Å². The first kappa shape index (κ1) is 18.5. The Labute approximate surface area is 167 Å². The number of carbonyl (C=O) groups excluding carboxylic acids is 2. The molecule has 0 fully saturated rings. The van der Waals surface area contributed by atoms with Crippen molar-refractivity contribution in [2.45, 2.75) is 0 Å². The average Bonchev–Trinajstić information content (AvgIpc) is 2.78. The number of ether oxygens (including phenoxy) is 2. The Morgan fingerprint density at radius 1 is 0.897 bits per heavy atom. The summed E-state index contributed by atoms with van der Waals surface area (Å²) in [5.74, 6) is 0.503. The Bertz CT molecular complexity index is 1050. The number of hydrogen-bond acceptors (Lipinski definition) is 5. The molecule has 2 aromatic carbocycles. The summed E-state index contributed by atoms with van der Waals surface area (Å²) in [6.07, 6.45) is 0. The largest absolute Gasteiger partial charge is 0.486 e. The van der Waals surface area contributed by atoms with Crippen LogP contribution in [-0.4, -0.2) is 37.1 Å². The molecular weight excluding hydrogens is 370 g/mol. The molecule has 1 aliphatic heterocycles. The molecule has 1 aliphatic rings. The minimum absolute atomic E-state index is 0.146. The summed E-state index contributed by atoms with van der Waals surface area (Å²) >= 11 is 0. The third kappa shape index (κ3) is 4.03. The molecule has 0 unspecified atom stereocenters. The van der Waals surface area contributed by atoms with Crippen molar-refractivity contribution in [2.75, 3.05) is 30.5 Å². The van der Waals surface area contributed by atoms with Crippen LogP contribution in [0, 0.1) is 0 Å². The Kier molecular flexibility index (Phi) is 5.11. The maximum atomic E-state index is 12.7. The van der Waals surface area contributed by atoms with E-state index in [2.05, 4.69) is 10.3 Å². The molecule has 0 saturated heterocycles. The number of anilines is 2. The number of benzene rings is 2. The summed E-state index contributed by atoms with van der Waals surface area (Å²) in [7, 11) is 1.67. The Hall–Kier alpha value is -3.87. The molecule has 0 atom stereocenters. The summed E-state index contributed by atoms with van der Waals surface area (Å²) < 4.78 is 11.0. The topological polar surface area (TPSA) is 80.8 Å². The molecule has 0 spiro atoms. The van der Waals surface area contributed by atoms with Crippen LogP contribution in [-0.2, 0) is 0 Å². The van der Waals surface area contributed by atoms with E-state index in [4.69, 9.17) is 9.47 Å². The van der Waals surface area contributed by atoms with Crippen molar-refractivity contribution in [2.24, 2.45) is 0 Å². The van der Waals surface area contributed by atoms with Crippen LogP contribution in [0.2, 0.25) is 0 Å². The molecule has 2 amide bonds. The first-order chi connectivity index (χ1) is 14.1. The van der Waals surface area contributed by atoms with E-state index in [1.165, 1.54) is 4.90 Å². The first-order valence-electron chi connectivity index (χ1n) is 9.13. The molecule has 0 bridgehead atoms. The van der Waals surface area contributed by atoms with E-state index in [1.807, 2.05) is 30.3 Å². The highest BCUT2D eigenvalue weighted by molar-refractivity contribution is 6.07. The number of fused-ring (bicyclic) bond motifs is 1. The van der Waals surface area contributed by atoms with Crippen LogP contribution in [0.3, 0.4) is 0 Å². The van der Waals surface area contributed by atoms with Crippen LogP contribution in [0.4, 0.5) is 11.4 Å². The molecule has 146 valence electrons. The molecule has 7 nitrogen and oxygen atoms in total. The van der Waals surface area contributed by atoms with Gasteiger partial charge in [-0.15, -0.1) is 0 Å². The predicted molar refractivity (Wildman–Crippen MR) is 109 cm³/mol. The van der Waals surface area contributed by atoms with E-state index in [1.54, 1.807) is 43.4 Å². The Balaban J connectivity index is 1.51. The van der Waals surface area contributed by atoms with Gasteiger partial charge in [0.2, 0.25) is 0 Å². The molecule has 3 aromatic rings. The summed E-state index contributed by atoms with van der Waals surface area (Å²) in [5.41, 5.74) is 1.63. The van der Waals surface area contributed by atoms with Gasteiger partial charge in [-0.05, 0) is 36.4 Å². The molecule has 1 aromatic heterocycles. The standard InChI is InChI=1S/C22H19N3O4/c1-25(16-6-3-2-4-7-16)22(27)18-9-5-8-17(24-18)21(26)23-15-10-11-19-20(14-15)29-13-12-28-19/h2-11,14H,12-13H2,1H3,(H,23,26). The fraction of sp³-hybridized carbons (Fsp3) is 0.136. The van der Waals surface area contributed by atoms with Gasteiger partial charge in [0.1, 0.15) is 24.6 Å². The highest BCUT2D eigenvalue weighted by atomic mass is 16.6. The monoisotopic (exact) mass is 389 g/mol. The SMILES string of the molecule is CN(C(=O)c1cccc(C(=O)Nc2ccc3c(c2)OCCO3)n1)c1ccccc1. The number of pyridine rings is 1. The molecule has 7 heteroatoms. The van der Waals surface area contributed by atoms with Crippen LogP contribution in [0.1, 0.15) is 21.0 Å². The zero-order valence-corrected chi connectivity index (χ0v) is 15.8. The molecule has 0 radical (unpaired) electrons. The van der Waals surface area contributed by atoms with Gasteiger partial charge < -0.3 is 19.7 Å². The second-order valence-corrected chi connectivity index (χ2v) is 6.42. The van der Waals surface area contributed by atoms with E-state index >= 15 is 0 Å². The summed E-state index contributed by atoms with van der Waals surface area (Å²) in [5, 5.41) is 2.77. The van der Waals surface area contributed by atoms with Crippen LogP contribution in [0.5, 0.6) is 11.5 Å². The van der Waals surface area contributed by atoms with Crippen molar-refractivity contribution in [3.8, 4) is 11.5 Å². The Morgan fingerprint density at radius 3 is 2.41 bits per heavy atom. The fourth-order valence-corrected chi connectivity index (χ4v) is 2.94. The van der Waals surface area contributed by atoms with Crippen LogP contribution in [0.25, 0.3) is 0 Å². The highest BCUT2D eigenvalue weighted by Gasteiger charge is 2.18. The second-order valence-electron chi connectivity index (χ2n) is 6.42. The van der Waals surface area contributed by atoms with Crippen molar-refractivity contribution < 1.29 is 19.1 Å². The third-order valence-corrected chi connectivity index (χ3v) is 4.45. The zero-order chi connectivity index (χ0) is 20.2. The molecule has 29 heavy (non-hydrogen) atoms. The number of nitrogens with zero attached hydrogens (tertiary/aromatic N) is 2.